The summed E-state index contributed by atoms with van der Waals surface area (Å²) in [4.78, 5) is 2.38. The Morgan fingerprint density at radius 1 is 0.909 bits per heavy atom. The number of halogens is 3. The van der Waals surface area contributed by atoms with Crippen LogP contribution in [0.2, 0.25) is 0 Å². The minimum absolute atomic E-state index is 1.19. The molecule has 0 rings (SSSR count). The van der Waals surface area contributed by atoms with Crippen LogP contribution in [0.1, 0.15) is 20.8 Å². The van der Waals surface area contributed by atoms with E-state index in [2.05, 4.69) is 25.7 Å². The zero-order valence-electron chi connectivity index (χ0n) is 7.28. The Kier molecular flexibility index (Phi) is 11.8. The summed E-state index contributed by atoms with van der Waals surface area (Å²) >= 11 is 0. The van der Waals surface area contributed by atoms with E-state index in [1.807, 2.05) is 0 Å². The van der Waals surface area contributed by atoms with Gasteiger partial charge in [-0.1, -0.05) is 20.8 Å². The highest BCUT2D eigenvalue weighted by Crippen LogP contribution is 1.87. The SMILES string of the molecule is CCN(CC)CC.FC(F)F. The molecule has 70 valence electrons. The maximum Gasteiger partial charge on any atom is 0.379 e. The van der Waals surface area contributed by atoms with Gasteiger partial charge in [-0.05, 0) is 19.6 Å². The Morgan fingerprint density at radius 2 is 1.09 bits per heavy atom. The average Bonchev–Trinajstić information content (AvgIpc) is 1.90. The minimum atomic E-state index is -3.67. The molecule has 0 radical (unpaired) electrons. The number of hydrogen-bond acceptors (Lipinski definition) is 1. The number of hydrogen-bond donors (Lipinski definition) is 0. The zero-order valence-corrected chi connectivity index (χ0v) is 7.28. The zero-order chi connectivity index (χ0) is 9.28. The summed E-state index contributed by atoms with van der Waals surface area (Å²) in [5.41, 5.74) is 0. The summed E-state index contributed by atoms with van der Waals surface area (Å²) in [7, 11) is 0. The molecule has 0 heterocycles. The van der Waals surface area contributed by atoms with Crippen LogP contribution in [0, 0.1) is 0 Å². The van der Waals surface area contributed by atoms with E-state index in [0.29, 0.717) is 0 Å². The van der Waals surface area contributed by atoms with E-state index in [1.54, 1.807) is 0 Å². The molecule has 0 aromatic carbocycles. The third-order valence-electron chi connectivity index (χ3n) is 1.34. The van der Waals surface area contributed by atoms with E-state index >= 15 is 0 Å². The molecule has 0 aromatic heterocycles. The van der Waals surface area contributed by atoms with E-state index in [1.165, 1.54) is 19.6 Å². The maximum atomic E-state index is 9.67. The van der Waals surface area contributed by atoms with Crippen molar-refractivity contribution in [2.24, 2.45) is 0 Å². The van der Waals surface area contributed by atoms with Crippen LogP contribution in [0.5, 0.6) is 0 Å². The van der Waals surface area contributed by atoms with Crippen molar-refractivity contribution in [3.63, 3.8) is 0 Å². The lowest BCUT2D eigenvalue weighted by Gasteiger charge is -2.13. The van der Waals surface area contributed by atoms with Crippen molar-refractivity contribution in [1.29, 1.82) is 0 Å². The Hall–Kier alpha value is -0.250. The van der Waals surface area contributed by atoms with Gasteiger partial charge in [0.25, 0.3) is 0 Å². The number of nitrogens with zero attached hydrogens (tertiary/aromatic N) is 1. The summed E-state index contributed by atoms with van der Waals surface area (Å²) in [6.07, 6.45) is 0. The van der Waals surface area contributed by atoms with Crippen LogP contribution < -0.4 is 0 Å². The van der Waals surface area contributed by atoms with E-state index in [0.717, 1.165) is 0 Å². The molecule has 0 saturated carbocycles. The first kappa shape index (κ1) is 13.3. The second-order valence-electron chi connectivity index (χ2n) is 1.87. The molecule has 11 heavy (non-hydrogen) atoms. The maximum absolute atomic E-state index is 9.67. The van der Waals surface area contributed by atoms with E-state index in [4.69, 9.17) is 0 Å². The normalized spacial score (nSPS) is 9.82. The molecular weight excluding hydrogens is 155 g/mol. The third kappa shape index (κ3) is 17.7. The highest BCUT2D eigenvalue weighted by Gasteiger charge is 1.89. The average molecular weight is 171 g/mol. The van der Waals surface area contributed by atoms with Gasteiger partial charge in [-0.25, -0.2) is 0 Å². The number of alkyl halides is 3. The van der Waals surface area contributed by atoms with Crippen LogP contribution in [-0.4, -0.2) is 31.2 Å². The Balaban J connectivity index is 0. The van der Waals surface area contributed by atoms with Gasteiger partial charge in [-0.3, -0.25) is 0 Å². The smallest absolute Gasteiger partial charge is 0.304 e. The van der Waals surface area contributed by atoms with Crippen molar-refractivity contribution in [3.05, 3.63) is 0 Å². The fourth-order valence-electron chi connectivity index (χ4n) is 0.671. The number of rotatable bonds is 3. The highest BCUT2D eigenvalue weighted by molar-refractivity contribution is 4.43. The molecular formula is C7H16F3N. The van der Waals surface area contributed by atoms with Crippen LogP contribution >= 0.6 is 0 Å². The molecule has 0 spiro atoms. The van der Waals surface area contributed by atoms with Crippen molar-refractivity contribution in [2.45, 2.75) is 27.5 Å². The molecule has 0 aliphatic heterocycles. The van der Waals surface area contributed by atoms with Gasteiger partial charge >= 0.3 is 6.68 Å². The molecule has 0 saturated heterocycles. The molecule has 0 amide bonds. The molecule has 0 atom stereocenters. The van der Waals surface area contributed by atoms with Crippen LogP contribution in [0.15, 0.2) is 0 Å². The molecule has 0 fully saturated rings. The lowest BCUT2D eigenvalue weighted by molar-refractivity contribution is 0.00819. The first-order valence-electron chi connectivity index (χ1n) is 3.72. The van der Waals surface area contributed by atoms with Crippen molar-refractivity contribution < 1.29 is 13.2 Å². The molecule has 0 aromatic rings. The Bertz CT molecular complexity index is 56.4. The molecule has 4 heteroatoms. The summed E-state index contributed by atoms with van der Waals surface area (Å²) in [5.74, 6) is 0. The predicted molar refractivity (Wildman–Crippen MR) is 40.6 cm³/mol. The monoisotopic (exact) mass is 171 g/mol. The van der Waals surface area contributed by atoms with E-state index in [-0.39, 0.29) is 0 Å². The first-order valence-corrected chi connectivity index (χ1v) is 3.72. The molecule has 0 aliphatic carbocycles. The second-order valence-corrected chi connectivity index (χ2v) is 1.87. The fourth-order valence-corrected chi connectivity index (χ4v) is 0.671. The van der Waals surface area contributed by atoms with Gasteiger partial charge in [0.15, 0.2) is 0 Å². The third-order valence-corrected chi connectivity index (χ3v) is 1.34. The van der Waals surface area contributed by atoms with Crippen LogP contribution in [-0.2, 0) is 0 Å². The highest BCUT2D eigenvalue weighted by atomic mass is 19.4. The van der Waals surface area contributed by atoms with Gasteiger partial charge in [0.2, 0.25) is 0 Å². The van der Waals surface area contributed by atoms with Gasteiger partial charge < -0.3 is 4.90 Å². The standard InChI is InChI=1S/C6H15N.CHF3/c1-4-7(5-2)6-3;2-1(3)4/h4-6H2,1-3H3;1H. The van der Waals surface area contributed by atoms with E-state index in [9.17, 15) is 13.2 Å². The van der Waals surface area contributed by atoms with Crippen molar-refractivity contribution >= 4 is 0 Å². The lowest BCUT2D eigenvalue weighted by Crippen LogP contribution is -2.21. The lowest BCUT2D eigenvalue weighted by atomic mass is 10.5. The summed E-state index contributed by atoms with van der Waals surface area (Å²) in [6.45, 7) is 6.46. The minimum Gasteiger partial charge on any atom is -0.304 e. The summed E-state index contributed by atoms with van der Waals surface area (Å²) in [5, 5.41) is 0. The van der Waals surface area contributed by atoms with Gasteiger partial charge in [-0.2, -0.15) is 13.2 Å². The largest absolute Gasteiger partial charge is 0.379 e. The quantitative estimate of drug-likeness (QED) is 0.630. The Morgan fingerprint density at radius 3 is 1.09 bits per heavy atom. The summed E-state index contributed by atoms with van der Waals surface area (Å²) in [6, 6.07) is 0. The van der Waals surface area contributed by atoms with Crippen molar-refractivity contribution in [3.8, 4) is 0 Å². The molecule has 1 nitrogen and oxygen atoms in total. The molecule has 0 aliphatic rings. The van der Waals surface area contributed by atoms with Crippen molar-refractivity contribution in [1.82, 2.24) is 4.90 Å². The van der Waals surface area contributed by atoms with Gasteiger partial charge in [-0.15, -0.1) is 0 Å². The molecule has 0 unspecified atom stereocenters. The fraction of sp³-hybridized carbons (Fsp3) is 1.00. The topological polar surface area (TPSA) is 3.24 Å². The van der Waals surface area contributed by atoms with Crippen LogP contribution in [0.3, 0.4) is 0 Å². The summed E-state index contributed by atoms with van der Waals surface area (Å²) < 4.78 is 29.0. The van der Waals surface area contributed by atoms with Crippen LogP contribution in [0.4, 0.5) is 13.2 Å². The predicted octanol–water partition coefficient (Wildman–Crippen LogP) is 2.53. The van der Waals surface area contributed by atoms with Gasteiger partial charge in [0.05, 0.1) is 0 Å². The molecule has 0 N–H and O–H groups in total. The first-order chi connectivity index (χ1) is 5.08. The Labute approximate surface area is 66.2 Å². The van der Waals surface area contributed by atoms with E-state index < -0.39 is 6.68 Å². The second kappa shape index (κ2) is 9.75. The van der Waals surface area contributed by atoms with Crippen molar-refractivity contribution in [2.75, 3.05) is 19.6 Å². The van der Waals surface area contributed by atoms with Crippen LogP contribution in [0.25, 0.3) is 0 Å². The van der Waals surface area contributed by atoms with Gasteiger partial charge in [0.1, 0.15) is 0 Å². The van der Waals surface area contributed by atoms with Gasteiger partial charge in [0, 0.05) is 0 Å². The molecule has 0 bridgehead atoms.